The van der Waals surface area contributed by atoms with Crippen LogP contribution in [0.2, 0.25) is 0 Å². The molecule has 0 amide bonds. The lowest BCUT2D eigenvalue weighted by Crippen LogP contribution is -2.15. The van der Waals surface area contributed by atoms with Crippen molar-refractivity contribution < 1.29 is 0 Å². The Morgan fingerprint density at radius 2 is 0.455 bits per heavy atom. The molecule has 0 fully saturated rings. The van der Waals surface area contributed by atoms with Crippen LogP contribution in [0.25, 0.3) is 33.4 Å². The second-order valence-corrected chi connectivity index (χ2v) is 15.2. The standard InChI is InChI=1S/C17H18.2C15H14.4C2H6/c1-11-5-7-13-14-8-6-12(2)10-16(14)17(3,4)15(13)9-11;2*1-15(2)13-9-5-3-7-11(13)12-8-4-6-10-14(12)15;4*1-2/h5-10H,1-4H3;2*3-10H,1-2H3;4*1-2H3. The highest BCUT2D eigenvalue weighted by Gasteiger charge is 2.36. The molecule has 0 saturated carbocycles. The van der Waals surface area contributed by atoms with E-state index >= 15 is 0 Å². The minimum Gasteiger partial charge on any atom is -0.0683 e. The van der Waals surface area contributed by atoms with Crippen LogP contribution < -0.4 is 0 Å². The Labute approximate surface area is 337 Å². The third kappa shape index (κ3) is 8.60. The molecule has 0 spiro atoms. The molecular formula is C55H70. The Morgan fingerprint density at radius 1 is 0.255 bits per heavy atom. The first-order chi connectivity index (χ1) is 26.4. The Balaban J connectivity index is 0.000000203. The van der Waals surface area contributed by atoms with Crippen LogP contribution in [0.15, 0.2) is 133 Å². The summed E-state index contributed by atoms with van der Waals surface area (Å²) in [6, 6.07) is 48.5. The monoisotopic (exact) mass is 731 g/mol. The van der Waals surface area contributed by atoms with E-state index in [2.05, 4.69) is 189 Å². The highest BCUT2D eigenvalue weighted by atomic mass is 14.4. The maximum atomic E-state index is 2.34. The van der Waals surface area contributed by atoms with Crippen LogP contribution in [0.5, 0.6) is 0 Å². The van der Waals surface area contributed by atoms with Gasteiger partial charge in [0.2, 0.25) is 0 Å². The molecule has 9 rings (SSSR count). The summed E-state index contributed by atoms with van der Waals surface area (Å²) in [7, 11) is 0. The third-order valence-electron chi connectivity index (χ3n) is 11.0. The minimum atomic E-state index is 0.142. The highest BCUT2D eigenvalue weighted by molar-refractivity contribution is 5.82. The molecule has 0 heterocycles. The topological polar surface area (TPSA) is 0 Å². The van der Waals surface area contributed by atoms with Crippen LogP contribution in [0.4, 0.5) is 0 Å². The number of rotatable bonds is 0. The molecule has 290 valence electrons. The summed E-state index contributed by atoms with van der Waals surface area (Å²) >= 11 is 0. The lowest BCUT2D eigenvalue weighted by atomic mass is 9.81. The van der Waals surface area contributed by atoms with E-state index in [0.29, 0.717) is 0 Å². The van der Waals surface area contributed by atoms with E-state index in [1.807, 2.05) is 55.4 Å². The largest absolute Gasteiger partial charge is 0.0683 e. The molecule has 0 N–H and O–H groups in total. The summed E-state index contributed by atoms with van der Waals surface area (Å²) in [6.45, 7) is 34.2. The van der Waals surface area contributed by atoms with Crippen LogP contribution in [0.3, 0.4) is 0 Å². The SMILES string of the molecule is CC.CC.CC.CC.CC1(C)c2ccccc2-c2ccccc21.CC1(C)c2ccccc2-c2ccccc21.Cc1ccc2c(c1)C(C)(C)c1cc(C)ccc1-2. The first kappa shape index (κ1) is 44.7. The van der Waals surface area contributed by atoms with Crippen LogP contribution in [-0.4, -0.2) is 0 Å². The number of hydrogen-bond donors (Lipinski definition) is 0. The van der Waals surface area contributed by atoms with Crippen molar-refractivity contribution in [3.8, 4) is 33.4 Å². The van der Waals surface area contributed by atoms with Gasteiger partial charge in [0.1, 0.15) is 0 Å². The van der Waals surface area contributed by atoms with Gasteiger partial charge in [-0.1, -0.05) is 242 Å². The van der Waals surface area contributed by atoms with Crippen LogP contribution in [-0.2, 0) is 16.2 Å². The lowest BCUT2D eigenvalue weighted by Gasteiger charge is -2.22. The van der Waals surface area contributed by atoms with E-state index in [0.717, 1.165) is 0 Å². The van der Waals surface area contributed by atoms with E-state index in [1.54, 1.807) is 0 Å². The summed E-state index contributed by atoms with van der Waals surface area (Å²) in [4.78, 5) is 0. The van der Waals surface area contributed by atoms with Crippen molar-refractivity contribution in [2.45, 2.75) is 127 Å². The Morgan fingerprint density at radius 3 is 0.709 bits per heavy atom. The quantitative estimate of drug-likeness (QED) is 0.146. The molecule has 0 atom stereocenters. The Hall–Kier alpha value is -4.68. The predicted octanol–water partition coefficient (Wildman–Crippen LogP) is 16.7. The Kier molecular flexibility index (Phi) is 15.7. The van der Waals surface area contributed by atoms with Gasteiger partial charge in [0.15, 0.2) is 0 Å². The second kappa shape index (κ2) is 19.3. The van der Waals surface area contributed by atoms with Crippen molar-refractivity contribution in [1.82, 2.24) is 0 Å². The number of fused-ring (bicyclic) bond motifs is 9. The summed E-state index contributed by atoms with van der Waals surface area (Å²) in [5.74, 6) is 0. The Bertz CT molecular complexity index is 1890. The predicted molar refractivity (Wildman–Crippen MR) is 247 cm³/mol. The van der Waals surface area contributed by atoms with Crippen molar-refractivity contribution in [3.63, 3.8) is 0 Å². The molecular weight excluding hydrogens is 661 g/mol. The summed E-state index contributed by atoms with van der Waals surface area (Å²) in [6.07, 6.45) is 0. The van der Waals surface area contributed by atoms with Crippen LogP contribution in [0.1, 0.15) is 141 Å². The molecule has 3 aliphatic rings. The van der Waals surface area contributed by atoms with Crippen LogP contribution in [0, 0.1) is 13.8 Å². The zero-order chi connectivity index (χ0) is 41.1. The van der Waals surface area contributed by atoms with E-state index < -0.39 is 0 Å². The van der Waals surface area contributed by atoms with Gasteiger partial charge < -0.3 is 0 Å². The first-order valence-electron chi connectivity index (χ1n) is 21.0. The fourth-order valence-corrected chi connectivity index (χ4v) is 8.31. The van der Waals surface area contributed by atoms with Gasteiger partial charge in [-0.05, 0) is 80.6 Å². The zero-order valence-electron chi connectivity index (χ0n) is 37.2. The smallest absolute Gasteiger partial charge is 0.0159 e. The van der Waals surface area contributed by atoms with Gasteiger partial charge in [-0.2, -0.15) is 0 Å². The molecule has 0 unspecified atom stereocenters. The van der Waals surface area contributed by atoms with Crippen molar-refractivity contribution in [3.05, 3.63) is 178 Å². The van der Waals surface area contributed by atoms with E-state index in [4.69, 9.17) is 0 Å². The van der Waals surface area contributed by atoms with Gasteiger partial charge in [-0.3, -0.25) is 0 Å². The average Bonchev–Trinajstić information content (AvgIpc) is 3.71. The molecule has 6 aromatic rings. The van der Waals surface area contributed by atoms with Crippen molar-refractivity contribution in [2.24, 2.45) is 0 Å². The molecule has 0 heteroatoms. The second-order valence-electron chi connectivity index (χ2n) is 15.2. The van der Waals surface area contributed by atoms with E-state index in [-0.39, 0.29) is 16.2 Å². The molecule has 0 aromatic heterocycles. The average molecular weight is 731 g/mol. The number of benzene rings is 6. The molecule has 0 bridgehead atoms. The number of aryl methyl sites for hydroxylation is 2. The molecule has 6 aromatic carbocycles. The van der Waals surface area contributed by atoms with Gasteiger partial charge in [0.25, 0.3) is 0 Å². The summed E-state index contributed by atoms with van der Waals surface area (Å²) in [5, 5.41) is 0. The normalized spacial score (nSPS) is 13.9. The van der Waals surface area contributed by atoms with Gasteiger partial charge in [-0.25, -0.2) is 0 Å². The fraction of sp³-hybridized carbons (Fsp3) is 0.345. The maximum Gasteiger partial charge on any atom is 0.0159 e. The van der Waals surface area contributed by atoms with Gasteiger partial charge >= 0.3 is 0 Å². The van der Waals surface area contributed by atoms with Gasteiger partial charge in [0, 0.05) is 16.2 Å². The van der Waals surface area contributed by atoms with Crippen molar-refractivity contribution in [1.29, 1.82) is 0 Å². The maximum absolute atomic E-state index is 2.34. The summed E-state index contributed by atoms with van der Waals surface area (Å²) < 4.78 is 0. The van der Waals surface area contributed by atoms with E-state index in [1.165, 1.54) is 77.9 Å². The summed E-state index contributed by atoms with van der Waals surface area (Å²) in [5.41, 5.74) is 20.3. The fourth-order valence-electron chi connectivity index (χ4n) is 8.31. The zero-order valence-corrected chi connectivity index (χ0v) is 37.2. The molecule has 3 aliphatic carbocycles. The van der Waals surface area contributed by atoms with Crippen molar-refractivity contribution in [2.75, 3.05) is 0 Å². The molecule has 0 nitrogen and oxygen atoms in total. The van der Waals surface area contributed by atoms with Gasteiger partial charge in [-0.15, -0.1) is 0 Å². The third-order valence-corrected chi connectivity index (χ3v) is 11.0. The molecule has 0 radical (unpaired) electrons. The van der Waals surface area contributed by atoms with Gasteiger partial charge in [0.05, 0.1) is 0 Å². The highest BCUT2D eigenvalue weighted by Crippen LogP contribution is 2.50. The van der Waals surface area contributed by atoms with Crippen LogP contribution >= 0.6 is 0 Å². The minimum absolute atomic E-state index is 0.142. The molecule has 0 saturated heterocycles. The van der Waals surface area contributed by atoms with Crippen molar-refractivity contribution >= 4 is 0 Å². The van der Waals surface area contributed by atoms with E-state index in [9.17, 15) is 0 Å². The molecule has 55 heavy (non-hydrogen) atoms. The first-order valence-corrected chi connectivity index (χ1v) is 21.0. The number of hydrogen-bond acceptors (Lipinski definition) is 0. The lowest BCUT2D eigenvalue weighted by molar-refractivity contribution is 0.659. The molecule has 0 aliphatic heterocycles.